The molecule has 0 radical (unpaired) electrons. The summed E-state index contributed by atoms with van der Waals surface area (Å²) in [6.07, 6.45) is 8.97. The van der Waals surface area contributed by atoms with Crippen LogP contribution in [-0.2, 0) is 0 Å². The van der Waals surface area contributed by atoms with E-state index in [-0.39, 0.29) is 0 Å². The normalized spacial score (nSPS) is 18.4. The Bertz CT molecular complexity index is 209. The third kappa shape index (κ3) is 2.58. The molecule has 0 nitrogen and oxygen atoms in total. The molecule has 0 fully saturated rings. The van der Waals surface area contributed by atoms with Gasteiger partial charge in [-0.25, -0.2) is 0 Å². The molecular weight excluding hydrogens is 152 g/mol. The van der Waals surface area contributed by atoms with Crippen LogP contribution in [0.4, 0.5) is 0 Å². The molecule has 0 aliphatic heterocycles. The number of hydrogen-bond donors (Lipinski definition) is 0. The van der Waals surface area contributed by atoms with Crippen LogP contribution in [0.5, 0.6) is 0 Å². The third-order valence-corrected chi connectivity index (χ3v) is 2.91. The summed E-state index contributed by atoms with van der Waals surface area (Å²) in [6.45, 7) is 4.24. The molecule has 11 heavy (non-hydrogen) atoms. The fourth-order valence-corrected chi connectivity index (χ4v) is 1.86. The Morgan fingerprint density at radius 1 is 1.55 bits per heavy atom. The number of thioether (sulfide) groups is 1. The lowest BCUT2D eigenvalue weighted by atomic mass is 10.1. The van der Waals surface area contributed by atoms with Crippen LogP contribution in [0.3, 0.4) is 0 Å². The second-order valence-corrected chi connectivity index (χ2v) is 3.64. The molecule has 0 saturated heterocycles. The lowest BCUT2D eigenvalue weighted by Gasteiger charge is -2.09. The van der Waals surface area contributed by atoms with Crippen LogP contribution in [-0.4, -0.2) is 0 Å². The van der Waals surface area contributed by atoms with Gasteiger partial charge in [0.15, 0.2) is 0 Å². The van der Waals surface area contributed by atoms with Gasteiger partial charge in [0.25, 0.3) is 0 Å². The molecule has 0 atom stereocenters. The molecule has 1 aliphatic rings. The van der Waals surface area contributed by atoms with Gasteiger partial charge in [-0.1, -0.05) is 18.2 Å². The predicted octanol–water partition coefficient (Wildman–Crippen LogP) is 3.88. The molecule has 0 spiro atoms. The molecule has 0 saturated carbocycles. The molecular formula is C10H14S. The van der Waals surface area contributed by atoms with Crippen molar-refractivity contribution in [2.45, 2.75) is 26.7 Å². The second-order valence-electron chi connectivity index (χ2n) is 2.63. The van der Waals surface area contributed by atoms with E-state index in [1.54, 1.807) is 0 Å². The van der Waals surface area contributed by atoms with Crippen molar-refractivity contribution < 1.29 is 0 Å². The molecule has 0 amide bonds. The zero-order valence-corrected chi connectivity index (χ0v) is 7.95. The molecule has 1 heteroatoms. The quantitative estimate of drug-likeness (QED) is 0.600. The average molecular weight is 166 g/mol. The maximum Gasteiger partial charge on any atom is -0.00763 e. The maximum atomic E-state index is 2.25. The van der Waals surface area contributed by atoms with Crippen molar-refractivity contribution in [3.63, 3.8) is 0 Å². The highest BCUT2D eigenvalue weighted by Gasteiger charge is 2.02. The van der Waals surface area contributed by atoms with Crippen LogP contribution in [0.25, 0.3) is 0 Å². The molecule has 0 aromatic heterocycles. The standard InChI is InChI=1S/C10H14S/c1-3-8-11-10-7-5-4-6-9(10)2/h3-4,6,8H,5,7H2,1-2H3/b8-3-. The van der Waals surface area contributed by atoms with Crippen LogP contribution >= 0.6 is 11.8 Å². The van der Waals surface area contributed by atoms with E-state index < -0.39 is 0 Å². The minimum Gasteiger partial charge on any atom is -0.103 e. The first kappa shape index (κ1) is 8.66. The zero-order valence-electron chi connectivity index (χ0n) is 7.13. The number of allylic oxidation sites excluding steroid dienone is 5. The molecule has 60 valence electrons. The summed E-state index contributed by atoms with van der Waals surface area (Å²) in [5.74, 6) is 0. The zero-order chi connectivity index (χ0) is 8.10. The summed E-state index contributed by atoms with van der Waals surface area (Å²) < 4.78 is 0. The Balaban J connectivity index is 2.60. The summed E-state index contributed by atoms with van der Waals surface area (Å²) in [7, 11) is 0. The summed E-state index contributed by atoms with van der Waals surface area (Å²) in [6, 6.07) is 0. The van der Waals surface area contributed by atoms with Crippen LogP contribution in [0, 0.1) is 0 Å². The highest BCUT2D eigenvalue weighted by molar-refractivity contribution is 8.05. The molecule has 0 N–H and O–H groups in total. The lowest BCUT2D eigenvalue weighted by molar-refractivity contribution is 1.00. The van der Waals surface area contributed by atoms with Crippen LogP contribution < -0.4 is 0 Å². The van der Waals surface area contributed by atoms with E-state index in [1.165, 1.54) is 23.3 Å². The first-order chi connectivity index (χ1) is 5.34. The maximum absolute atomic E-state index is 2.25. The highest BCUT2D eigenvalue weighted by atomic mass is 32.2. The molecule has 1 aliphatic carbocycles. The van der Waals surface area contributed by atoms with E-state index in [4.69, 9.17) is 0 Å². The van der Waals surface area contributed by atoms with E-state index in [1.807, 2.05) is 11.8 Å². The van der Waals surface area contributed by atoms with Crippen molar-refractivity contribution in [2.75, 3.05) is 0 Å². The van der Waals surface area contributed by atoms with E-state index in [0.29, 0.717) is 0 Å². The SMILES string of the molecule is C/C=C\SC1=C(C)C=CCC1. The van der Waals surface area contributed by atoms with Gasteiger partial charge in [0.1, 0.15) is 0 Å². The van der Waals surface area contributed by atoms with E-state index in [9.17, 15) is 0 Å². The van der Waals surface area contributed by atoms with Gasteiger partial charge in [-0.15, -0.1) is 11.8 Å². The molecule has 0 bridgehead atoms. The minimum absolute atomic E-state index is 1.21. The van der Waals surface area contributed by atoms with Crippen molar-refractivity contribution in [1.82, 2.24) is 0 Å². The fourth-order valence-electron chi connectivity index (χ4n) is 1.07. The Labute approximate surface area is 73.1 Å². The van der Waals surface area contributed by atoms with E-state index in [0.717, 1.165) is 0 Å². The largest absolute Gasteiger partial charge is 0.103 e. The second kappa shape index (κ2) is 4.45. The monoisotopic (exact) mass is 166 g/mol. The molecule has 0 aromatic rings. The number of rotatable bonds is 2. The van der Waals surface area contributed by atoms with Gasteiger partial charge in [-0.3, -0.25) is 0 Å². The van der Waals surface area contributed by atoms with E-state index in [2.05, 4.69) is 37.5 Å². The third-order valence-electron chi connectivity index (χ3n) is 1.69. The van der Waals surface area contributed by atoms with Crippen LogP contribution in [0.2, 0.25) is 0 Å². The van der Waals surface area contributed by atoms with Crippen molar-refractivity contribution in [2.24, 2.45) is 0 Å². The van der Waals surface area contributed by atoms with Gasteiger partial charge in [0, 0.05) is 0 Å². The molecule has 0 heterocycles. The lowest BCUT2D eigenvalue weighted by Crippen LogP contribution is -1.86. The van der Waals surface area contributed by atoms with Gasteiger partial charge in [-0.05, 0) is 42.6 Å². The Morgan fingerprint density at radius 2 is 2.36 bits per heavy atom. The summed E-state index contributed by atoms with van der Waals surface area (Å²) >= 11 is 1.85. The van der Waals surface area contributed by atoms with Crippen molar-refractivity contribution in [1.29, 1.82) is 0 Å². The van der Waals surface area contributed by atoms with E-state index >= 15 is 0 Å². The average Bonchev–Trinajstić information content (AvgIpc) is 2.03. The van der Waals surface area contributed by atoms with Crippen molar-refractivity contribution in [3.8, 4) is 0 Å². The van der Waals surface area contributed by atoms with Crippen molar-refractivity contribution >= 4 is 11.8 Å². The summed E-state index contributed by atoms with van der Waals surface area (Å²) in [5.41, 5.74) is 1.43. The van der Waals surface area contributed by atoms with Gasteiger partial charge < -0.3 is 0 Å². The summed E-state index contributed by atoms with van der Waals surface area (Å²) in [4.78, 5) is 1.52. The molecule has 0 aromatic carbocycles. The van der Waals surface area contributed by atoms with Gasteiger partial charge in [0.05, 0.1) is 0 Å². The fraction of sp³-hybridized carbons (Fsp3) is 0.400. The molecule has 0 unspecified atom stereocenters. The first-order valence-electron chi connectivity index (χ1n) is 3.98. The van der Waals surface area contributed by atoms with Crippen molar-refractivity contribution in [3.05, 3.63) is 34.1 Å². The Hall–Kier alpha value is -0.430. The van der Waals surface area contributed by atoms with Gasteiger partial charge >= 0.3 is 0 Å². The first-order valence-corrected chi connectivity index (χ1v) is 4.86. The predicted molar refractivity (Wildman–Crippen MR) is 53.5 cm³/mol. The smallest absolute Gasteiger partial charge is 0.00763 e. The molecule has 1 rings (SSSR count). The van der Waals surface area contributed by atoms with Crippen LogP contribution in [0.1, 0.15) is 26.7 Å². The van der Waals surface area contributed by atoms with Gasteiger partial charge in [0.2, 0.25) is 0 Å². The Morgan fingerprint density at radius 3 is 3.00 bits per heavy atom. The van der Waals surface area contributed by atoms with Gasteiger partial charge in [-0.2, -0.15) is 0 Å². The highest BCUT2D eigenvalue weighted by Crippen LogP contribution is 2.29. The number of hydrogen-bond acceptors (Lipinski definition) is 1. The Kier molecular flexibility index (Phi) is 3.50. The minimum atomic E-state index is 1.21. The van der Waals surface area contributed by atoms with Crippen LogP contribution in [0.15, 0.2) is 34.1 Å². The topological polar surface area (TPSA) is 0 Å². The summed E-state index contributed by atoms with van der Waals surface area (Å²) in [5, 5.41) is 2.15.